The summed E-state index contributed by atoms with van der Waals surface area (Å²) in [5.74, 6) is -0.200. The summed E-state index contributed by atoms with van der Waals surface area (Å²) in [5.41, 5.74) is 5.27. The van der Waals surface area contributed by atoms with Gasteiger partial charge in [-0.2, -0.15) is 0 Å². The first-order valence-corrected chi connectivity index (χ1v) is 6.39. The number of nitrogens with two attached hydrogens (primary N) is 1. The molecule has 0 aromatic rings. The molecule has 0 unspecified atom stereocenters. The van der Waals surface area contributed by atoms with E-state index in [0.717, 1.165) is 32.1 Å². The molecule has 0 heterocycles. The van der Waals surface area contributed by atoms with Crippen molar-refractivity contribution in [1.29, 1.82) is 0 Å². The van der Waals surface area contributed by atoms with Gasteiger partial charge in [0.2, 0.25) is 11.8 Å². The van der Waals surface area contributed by atoms with E-state index in [-0.39, 0.29) is 18.4 Å². The normalized spacial score (nSPS) is 17.8. The Morgan fingerprint density at radius 1 is 1.24 bits per heavy atom. The van der Waals surface area contributed by atoms with E-state index in [4.69, 9.17) is 5.73 Å². The fraction of sp³-hybridized carbons (Fsp3) is 0.833. The van der Waals surface area contributed by atoms with Crippen molar-refractivity contribution in [2.75, 3.05) is 19.6 Å². The van der Waals surface area contributed by atoms with Crippen molar-refractivity contribution in [2.24, 2.45) is 11.1 Å². The molecule has 0 radical (unpaired) electrons. The lowest BCUT2D eigenvalue weighted by Gasteiger charge is -2.25. The van der Waals surface area contributed by atoms with Crippen molar-refractivity contribution in [3.63, 3.8) is 0 Å². The molecule has 5 nitrogen and oxygen atoms in total. The standard InChI is InChI=1S/C12H23N3O2/c1-2-7-14-10(16)8-15-11(17)12(9-13)5-3-4-6-12/h2-9,13H2,1H3,(H,14,16)(H,15,17). The summed E-state index contributed by atoms with van der Waals surface area (Å²) in [6.07, 6.45) is 4.67. The Morgan fingerprint density at radius 2 is 1.88 bits per heavy atom. The smallest absolute Gasteiger partial charge is 0.239 e. The van der Waals surface area contributed by atoms with Gasteiger partial charge >= 0.3 is 0 Å². The first-order valence-electron chi connectivity index (χ1n) is 6.39. The van der Waals surface area contributed by atoms with Crippen LogP contribution < -0.4 is 16.4 Å². The van der Waals surface area contributed by atoms with E-state index < -0.39 is 5.41 Å². The van der Waals surface area contributed by atoms with Crippen LogP contribution in [0.1, 0.15) is 39.0 Å². The fourth-order valence-corrected chi connectivity index (χ4v) is 2.25. The molecule has 2 amide bonds. The van der Waals surface area contributed by atoms with Crippen LogP contribution in [-0.4, -0.2) is 31.4 Å². The van der Waals surface area contributed by atoms with Crippen LogP contribution in [0.25, 0.3) is 0 Å². The van der Waals surface area contributed by atoms with E-state index in [1.54, 1.807) is 0 Å². The van der Waals surface area contributed by atoms with Gasteiger partial charge in [-0.15, -0.1) is 0 Å². The third kappa shape index (κ3) is 3.70. The minimum Gasteiger partial charge on any atom is -0.355 e. The van der Waals surface area contributed by atoms with Crippen LogP contribution in [0, 0.1) is 5.41 Å². The van der Waals surface area contributed by atoms with Crippen molar-refractivity contribution in [3.8, 4) is 0 Å². The zero-order valence-electron chi connectivity index (χ0n) is 10.6. The molecule has 0 aromatic heterocycles. The zero-order valence-corrected chi connectivity index (χ0v) is 10.6. The monoisotopic (exact) mass is 241 g/mol. The molecule has 0 bridgehead atoms. The minimum atomic E-state index is -0.426. The number of carbonyl (C=O) groups is 2. The summed E-state index contributed by atoms with van der Waals surface area (Å²) in [6.45, 7) is 3.06. The molecular weight excluding hydrogens is 218 g/mol. The molecule has 0 aliphatic heterocycles. The van der Waals surface area contributed by atoms with E-state index in [0.29, 0.717) is 13.1 Å². The lowest BCUT2D eigenvalue weighted by atomic mass is 9.85. The third-order valence-electron chi connectivity index (χ3n) is 3.41. The molecule has 4 N–H and O–H groups in total. The number of nitrogens with one attached hydrogen (secondary N) is 2. The Labute approximate surface area is 103 Å². The molecule has 17 heavy (non-hydrogen) atoms. The zero-order chi connectivity index (χ0) is 12.7. The summed E-state index contributed by atoms with van der Waals surface area (Å²) in [6, 6.07) is 0. The van der Waals surface area contributed by atoms with Gasteiger partial charge in [0.15, 0.2) is 0 Å². The second-order valence-electron chi connectivity index (χ2n) is 4.72. The summed E-state index contributed by atoms with van der Waals surface area (Å²) in [5, 5.41) is 5.42. The molecule has 1 fully saturated rings. The number of rotatable bonds is 6. The van der Waals surface area contributed by atoms with Crippen LogP contribution >= 0.6 is 0 Å². The van der Waals surface area contributed by atoms with Crippen LogP contribution in [0.3, 0.4) is 0 Å². The molecule has 0 aromatic carbocycles. The van der Waals surface area contributed by atoms with Gasteiger partial charge in [-0.1, -0.05) is 19.8 Å². The Bertz CT molecular complexity index is 273. The highest BCUT2D eigenvalue weighted by Crippen LogP contribution is 2.37. The number of hydrogen-bond donors (Lipinski definition) is 3. The largest absolute Gasteiger partial charge is 0.355 e. The maximum absolute atomic E-state index is 12.0. The van der Waals surface area contributed by atoms with Gasteiger partial charge < -0.3 is 16.4 Å². The van der Waals surface area contributed by atoms with Gasteiger partial charge in [0.05, 0.1) is 12.0 Å². The van der Waals surface area contributed by atoms with Gasteiger partial charge in [-0.05, 0) is 19.3 Å². The summed E-state index contributed by atoms with van der Waals surface area (Å²) < 4.78 is 0. The second-order valence-corrected chi connectivity index (χ2v) is 4.72. The predicted molar refractivity (Wildman–Crippen MR) is 66.3 cm³/mol. The highest BCUT2D eigenvalue weighted by atomic mass is 16.2. The van der Waals surface area contributed by atoms with Crippen molar-refractivity contribution in [1.82, 2.24) is 10.6 Å². The van der Waals surface area contributed by atoms with E-state index in [2.05, 4.69) is 10.6 Å². The number of amides is 2. The van der Waals surface area contributed by atoms with Crippen LogP contribution in [0.15, 0.2) is 0 Å². The summed E-state index contributed by atoms with van der Waals surface area (Å²) in [7, 11) is 0. The Kier molecular flexibility index (Phi) is 5.41. The summed E-state index contributed by atoms with van der Waals surface area (Å²) >= 11 is 0. The molecule has 1 aliphatic rings. The fourth-order valence-electron chi connectivity index (χ4n) is 2.25. The van der Waals surface area contributed by atoms with Gasteiger partial charge in [-0.25, -0.2) is 0 Å². The average molecular weight is 241 g/mol. The minimum absolute atomic E-state index is 0.0561. The van der Waals surface area contributed by atoms with Gasteiger partial charge in [0.25, 0.3) is 0 Å². The topological polar surface area (TPSA) is 84.2 Å². The van der Waals surface area contributed by atoms with Crippen molar-refractivity contribution in [3.05, 3.63) is 0 Å². The number of carbonyl (C=O) groups excluding carboxylic acids is 2. The molecular formula is C12H23N3O2. The molecule has 0 saturated heterocycles. The maximum Gasteiger partial charge on any atom is 0.239 e. The lowest BCUT2D eigenvalue weighted by molar-refractivity contribution is -0.132. The van der Waals surface area contributed by atoms with Gasteiger partial charge in [-0.3, -0.25) is 9.59 Å². The molecule has 0 atom stereocenters. The van der Waals surface area contributed by atoms with Crippen LogP contribution in [0.4, 0.5) is 0 Å². The average Bonchev–Trinajstić information content (AvgIpc) is 2.83. The Morgan fingerprint density at radius 3 is 2.41 bits per heavy atom. The maximum atomic E-state index is 12.0. The number of hydrogen-bond acceptors (Lipinski definition) is 3. The van der Waals surface area contributed by atoms with Crippen molar-refractivity contribution >= 4 is 11.8 Å². The van der Waals surface area contributed by atoms with E-state index >= 15 is 0 Å². The van der Waals surface area contributed by atoms with Crippen LogP contribution in [0.2, 0.25) is 0 Å². The van der Waals surface area contributed by atoms with Gasteiger partial charge in [0.1, 0.15) is 0 Å². The molecule has 1 rings (SSSR count). The van der Waals surface area contributed by atoms with Crippen molar-refractivity contribution < 1.29 is 9.59 Å². The second kappa shape index (κ2) is 6.59. The van der Waals surface area contributed by atoms with E-state index in [1.165, 1.54) is 0 Å². The molecule has 1 aliphatic carbocycles. The molecule has 98 valence electrons. The molecule has 1 saturated carbocycles. The SMILES string of the molecule is CCCNC(=O)CNC(=O)C1(CN)CCCC1. The van der Waals surface area contributed by atoms with E-state index in [1.807, 2.05) is 6.92 Å². The van der Waals surface area contributed by atoms with Crippen LogP contribution in [-0.2, 0) is 9.59 Å². The lowest BCUT2D eigenvalue weighted by Crippen LogP contribution is -2.47. The van der Waals surface area contributed by atoms with E-state index in [9.17, 15) is 9.59 Å². The van der Waals surface area contributed by atoms with Gasteiger partial charge in [0, 0.05) is 13.1 Å². The highest BCUT2D eigenvalue weighted by molar-refractivity contribution is 5.88. The first kappa shape index (κ1) is 14.0. The summed E-state index contributed by atoms with van der Waals surface area (Å²) in [4.78, 5) is 23.4. The van der Waals surface area contributed by atoms with Crippen LogP contribution in [0.5, 0.6) is 0 Å². The highest BCUT2D eigenvalue weighted by Gasteiger charge is 2.39. The quantitative estimate of drug-likeness (QED) is 0.619. The predicted octanol–water partition coefficient (Wildman–Crippen LogP) is 0.148. The Balaban J connectivity index is 2.35. The molecule has 0 spiro atoms. The third-order valence-corrected chi connectivity index (χ3v) is 3.41. The molecule has 5 heteroatoms. The van der Waals surface area contributed by atoms with Crippen molar-refractivity contribution in [2.45, 2.75) is 39.0 Å². The first-order chi connectivity index (χ1) is 8.14. The Hall–Kier alpha value is -1.10.